The van der Waals surface area contributed by atoms with Crippen LogP contribution in [0.1, 0.15) is 24.0 Å². The minimum Gasteiger partial charge on any atom is -0.334 e. The second-order valence-corrected chi connectivity index (χ2v) is 10.2. The number of alkyl halides is 3. The maximum absolute atomic E-state index is 13.0. The first-order chi connectivity index (χ1) is 17.0. The molecular formula is C24H24F4N4O3S. The van der Waals surface area contributed by atoms with Gasteiger partial charge in [-0.2, -0.15) is 13.2 Å². The number of piperidine rings is 1. The summed E-state index contributed by atoms with van der Waals surface area (Å²) >= 11 is 0. The standard InChI is InChI=1S/C24H24F4N4O3S/c25-19-3-7-22(8-4-19)36(34,35)30-23(33)29-20-10-12-31(13-11-20)15-17-9-14-32(16-17)21-5-1-18(2-6-21)24(26,27)28/h1-9,14,16,20H,10-13,15H2,(H2,29,30,33). The van der Waals surface area contributed by atoms with Gasteiger partial charge in [-0.25, -0.2) is 22.3 Å². The Kier molecular flexibility index (Phi) is 7.36. The number of amides is 2. The number of sulfonamides is 1. The van der Waals surface area contributed by atoms with Gasteiger partial charge in [0.2, 0.25) is 0 Å². The first kappa shape index (κ1) is 25.7. The Morgan fingerprint density at radius 3 is 2.22 bits per heavy atom. The molecule has 0 radical (unpaired) electrons. The lowest BCUT2D eigenvalue weighted by molar-refractivity contribution is -0.137. The van der Waals surface area contributed by atoms with Crippen molar-refractivity contribution < 1.29 is 30.8 Å². The van der Waals surface area contributed by atoms with Gasteiger partial charge >= 0.3 is 12.2 Å². The van der Waals surface area contributed by atoms with Crippen molar-refractivity contribution in [3.8, 4) is 5.69 Å². The molecule has 7 nitrogen and oxygen atoms in total. The summed E-state index contributed by atoms with van der Waals surface area (Å²) in [6.07, 6.45) is 0.505. The van der Waals surface area contributed by atoms with Crippen LogP contribution < -0.4 is 10.0 Å². The molecule has 0 spiro atoms. The van der Waals surface area contributed by atoms with Gasteiger partial charge in [-0.15, -0.1) is 0 Å². The predicted octanol–water partition coefficient (Wildman–Crippen LogP) is 4.29. The summed E-state index contributed by atoms with van der Waals surface area (Å²) in [6.45, 7) is 1.97. The summed E-state index contributed by atoms with van der Waals surface area (Å²) in [4.78, 5) is 14.2. The van der Waals surface area contributed by atoms with Gasteiger partial charge in [0.05, 0.1) is 10.5 Å². The Morgan fingerprint density at radius 1 is 0.972 bits per heavy atom. The lowest BCUT2D eigenvalue weighted by Gasteiger charge is -2.32. The molecular weight excluding hydrogens is 500 g/mol. The van der Waals surface area contributed by atoms with Crippen LogP contribution in [0.5, 0.6) is 0 Å². The van der Waals surface area contributed by atoms with Crippen LogP contribution in [0.15, 0.2) is 71.9 Å². The lowest BCUT2D eigenvalue weighted by atomic mass is 10.0. The second kappa shape index (κ2) is 10.3. The zero-order valence-electron chi connectivity index (χ0n) is 19.0. The van der Waals surface area contributed by atoms with Crippen molar-refractivity contribution >= 4 is 16.1 Å². The first-order valence-corrected chi connectivity index (χ1v) is 12.6. The summed E-state index contributed by atoms with van der Waals surface area (Å²) in [6, 6.07) is 9.95. The van der Waals surface area contributed by atoms with E-state index < -0.39 is 33.6 Å². The number of likely N-dealkylation sites (tertiary alicyclic amines) is 1. The highest BCUT2D eigenvalue weighted by atomic mass is 32.2. The van der Waals surface area contributed by atoms with Crippen molar-refractivity contribution in [2.75, 3.05) is 13.1 Å². The average molecular weight is 525 g/mol. The molecule has 1 aliphatic heterocycles. The molecule has 0 bridgehead atoms. The van der Waals surface area contributed by atoms with E-state index >= 15 is 0 Å². The average Bonchev–Trinajstić information content (AvgIpc) is 3.28. The van der Waals surface area contributed by atoms with Gasteiger partial charge in [0.25, 0.3) is 10.0 Å². The topological polar surface area (TPSA) is 83.4 Å². The molecule has 0 aliphatic carbocycles. The number of halogens is 4. The van der Waals surface area contributed by atoms with Crippen LogP contribution in [0, 0.1) is 5.82 Å². The molecule has 2 amide bonds. The van der Waals surface area contributed by atoms with Gasteiger partial charge in [0.15, 0.2) is 0 Å². The molecule has 2 aromatic carbocycles. The van der Waals surface area contributed by atoms with E-state index in [0.29, 0.717) is 38.2 Å². The van der Waals surface area contributed by atoms with Crippen LogP contribution in [0.4, 0.5) is 22.4 Å². The summed E-state index contributed by atoms with van der Waals surface area (Å²) in [5.74, 6) is -0.582. The Labute approximate surface area is 205 Å². The van der Waals surface area contributed by atoms with E-state index in [2.05, 4.69) is 10.2 Å². The van der Waals surface area contributed by atoms with Crippen molar-refractivity contribution in [2.24, 2.45) is 0 Å². The Bertz CT molecular complexity index is 1300. The molecule has 0 atom stereocenters. The number of aromatic nitrogens is 1. The Hall–Kier alpha value is -3.38. The van der Waals surface area contributed by atoms with Crippen molar-refractivity contribution in [3.63, 3.8) is 0 Å². The van der Waals surface area contributed by atoms with Crippen LogP contribution in [0.2, 0.25) is 0 Å². The minimum absolute atomic E-state index is 0.207. The van der Waals surface area contributed by atoms with E-state index in [1.807, 2.05) is 17.0 Å². The van der Waals surface area contributed by atoms with Crippen molar-refractivity contribution in [1.29, 1.82) is 0 Å². The second-order valence-electron chi connectivity index (χ2n) is 8.55. The molecule has 3 aromatic rings. The van der Waals surface area contributed by atoms with Crippen LogP contribution >= 0.6 is 0 Å². The number of carbonyl (C=O) groups is 1. The molecule has 4 rings (SSSR count). The molecule has 0 saturated carbocycles. The number of nitrogens with zero attached hydrogens (tertiary/aromatic N) is 2. The van der Waals surface area contributed by atoms with E-state index in [1.165, 1.54) is 12.1 Å². The summed E-state index contributed by atoms with van der Waals surface area (Å²) < 4.78 is 79.5. The van der Waals surface area contributed by atoms with Crippen LogP contribution in [0.3, 0.4) is 0 Å². The highest BCUT2D eigenvalue weighted by Crippen LogP contribution is 2.29. The van der Waals surface area contributed by atoms with Crippen molar-refractivity contribution in [3.05, 3.63) is 83.9 Å². The lowest BCUT2D eigenvalue weighted by Crippen LogP contribution is -2.48. The summed E-state index contributed by atoms with van der Waals surface area (Å²) in [7, 11) is -4.11. The molecule has 36 heavy (non-hydrogen) atoms. The van der Waals surface area contributed by atoms with Gasteiger partial charge in [-0.05, 0) is 73.0 Å². The maximum Gasteiger partial charge on any atom is 0.416 e. The fourth-order valence-electron chi connectivity index (χ4n) is 4.02. The van der Waals surface area contributed by atoms with E-state index in [1.54, 1.807) is 10.8 Å². The van der Waals surface area contributed by atoms with E-state index in [-0.39, 0.29) is 10.9 Å². The molecule has 1 saturated heterocycles. The molecule has 1 aliphatic rings. The van der Waals surface area contributed by atoms with E-state index in [0.717, 1.165) is 42.0 Å². The number of benzene rings is 2. The number of nitrogens with one attached hydrogen (secondary N) is 2. The fraction of sp³-hybridized carbons (Fsp3) is 0.292. The maximum atomic E-state index is 13.0. The molecule has 2 N–H and O–H groups in total. The van der Waals surface area contributed by atoms with Gasteiger partial charge in [0, 0.05) is 43.8 Å². The number of carbonyl (C=O) groups excluding carboxylic acids is 1. The third-order valence-electron chi connectivity index (χ3n) is 5.93. The third-order valence-corrected chi connectivity index (χ3v) is 7.27. The van der Waals surface area contributed by atoms with Crippen molar-refractivity contribution in [1.82, 2.24) is 19.5 Å². The van der Waals surface area contributed by atoms with E-state index in [9.17, 15) is 30.8 Å². The SMILES string of the molecule is O=C(NC1CCN(Cc2ccn(-c3ccc(C(F)(F)F)cc3)c2)CC1)NS(=O)(=O)c1ccc(F)cc1. The van der Waals surface area contributed by atoms with Gasteiger partial charge in [-0.3, -0.25) is 4.90 Å². The highest BCUT2D eigenvalue weighted by Gasteiger charge is 2.30. The van der Waals surface area contributed by atoms with Crippen molar-refractivity contribution in [2.45, 2.75) is 36.5 Å². The van der Waals surface area contributed by atoms with Gasteiger partial charge < -0.3 is 9.88 Å². The largest absolute Gasteiger partial charge is 0.416 e. The zero-order valence-corrected chi connectivity index (χ0v) is 19.8. The van der Waals surface area contributed by atoms with Crippen LogP contribution in [0.25, 0.3) is 5.69 Å². The Morgan fingerprint density at radius 2 is 1.61 bits per heavy atom. The number of rotatable bonds is 6. The van der Waals surface area contributed by atoms with E-state index in [4.69, 9.17) is 0 Å². The summed E-state index contributed by atoms with van der Waals surface area (Å²) in [5.41, 5.74) is 0.917. The van der Waals surface area contributed by atoms with Gasteiger partial charge in [-0.1, -0.05) is 0 Å². The van der Waals surface area contributed by atoms with Crippen LogP contribution in [-0.4, -0.2) is 43.0 Å². The monoisotopic (exact) mass is 524 g/mol. The molecule has 2 heterocycles. The zero-order chi connectivity index (χ0) is 25.9. The normalized spacial score (nSPS) is 15.6. The molecule has 1 fully saturated rings. The van der Waals surface area contributed by atoms with Crippen LogP contribution in [-0.2, 0) is 22.7 Å². The molecule has 12 heteroatoms. The number of hydrogen-bond donors (Lipinski definition) is 2. The molecule has 192 valence electrons. The minimum atomic E-state index is -4.38. The predicted molar refractivity (Wildman–Crippen MR) is 124 cm³/mol. The van der Waals surface area contributed by atoms with Gasteiger partial charge in [0.1, 0.15) is 5.82 Å². The third kappa shape index (κ3) is 6.43. The smallest absolute Gasteiger partial charge is 0.334 e. The first-order valence-electron chi connectivity index (χ1n) is 11.2. The quantitative estimate of drug-likeness (QED) is 0.472. The molecule has 1 aromatic heterocycles. The molecule has 0 unspecified atom stereocenters. The highest BCUT2D eigenvalue weighted by molar-refractivity contribution is 7.90. The number of urea groups is 1. The fourth-order valence-corrected chi connectivity index (χ4v) is 4.94. The Balaban J connectivity index is 1.25. The summed E-state index contributed by atoms with van der Waals surface area (Å²) in [5, 5.41) is 2.67. The number of hydrogen-bond acceptors (Lipinski definition) is 4.